The summed E-state index contributed by atoms with van der Waals surface area (Å²) in [5.74, 6) is 0.0427. The summed E-state index contributed by atoms with van der Waals surface area (Å²) < 4.78 is 46.1. The first kappa shape index (κ1) is 29.8. The summed E-state index contributed by atoms with van der Waals surface area (Å²) in [5.41, 5.74) is 2.07. The lowest BCUT2D eigenvalue weighted by Gasteiger charge is -2.41. The van der Waals surface area contributed by atoms with E-state index in [1.165, 1.54) is 25.6 Å². The average Bonchev–Trinajstić information content (AvgIpc) is 3.03. The van der Waals surface area contributed by atoms with E-state index < -0.39 is 11.6 Å². The first-order valence-corrected chi connectivity index (χ1v) is 14.6. The zero-order valence-electron chi connectivity index (χ0n) is 24.6. The minimum Gasteiger partial charge on any atom is -0.495 e. The highest BCUT2D eigenvalue weighted by molar-refractivity contribution is 5.67. The smallest absolute Gasteiger partial charge is 0.227 e. The molecule has 0 saturated carbocycles. The average molecular weight is 583 g/mol. The monoisotopic (exact) mass is 582 g/mol. The van der Waals surface area contributed by atoms with Crippen molar-refractivity contribution in [1.82, 2.24) is 20.2 Å². The van der Waals surface area contributed by atoms with E-state index in [0.29, 0.717) is 24.0 Å². The Morgan fingerprint density at radius 3 is 2.33 bits per heavy atom. The molecule has 0 bridgehead atoms. The zero-order valence-corrected chi connectivity index (χ0v) is 24.6. The van der Waals surface area contributed by atoms with Crippen LogP contribution in [0.5, 0.6) is 17.2 Å². The lowest BCUT2D eigenvalue weighted by Crippen LogP contribution is -2.52. The number of halogens is 2. The van der Waals surface area contributed by atoms with Gasteiger partial charge in [0.2, 0.25) is 5.95 Å². The van der Waals surface area contributed by atoms with Crippen LogP contribution in [-0.2, 0) is 13.0 Å². The molecule has 0 amide bonds. The third kappa shape index (κ3) is 6.84. The Balaban J connectivity index is 1.19. The molecule has 2 aliphatic heterocycles. The number of nitrogens with zero attached hydrogens (tertiary/aromatic N) is 4. The fourth-order valence-corrected chi connectivity index (χ4v) is 5.73. The van der Waals surface area contributed by atoms with Crippen molar-refractivity contribution in [1.29, 1.82) is 0 Å². The second-order valence-electron chi connectivity index (χ2n) is 10.6. The molecule has 9 nitrogen and oxygen atoms in total. The number of piperidine rings is 1. The highest BCUT2D eigenvalue weighted by Crippen LogP contribution is 2.34. The Labute approximate surface area is 246 Å². The Bertz CT molecular complexity index is 1330. The minimum atomic E-state index is -0.768. The van der Waals surface area contributed by atoms with Crippen LogP contribution in [0, 0.1) is 11.6 Å². The molecule has 1 aromatic heterocycles. The van der Waals surface area contributed by atoms with Crippen LogP contribution in [0.25, 0.3) is 0 Å². The second-order valence-corrected chi connectivity index (χ2v) is 10.6. The SMILES string of the molecule is CCCc1cc(OC)c(F)c(COc2cnc(Nc3ccc(N4CCC(N5CCNCC5)CC4)c(OC)c3)nc2)c1F. The van der Waals surface area contributed by atoms with Gasteiger partial charge in [-0.3, -0.25) is 4.90 Å². The molecule has 2 aliphatic rings. The van der Waals surface area contributed by atoms with Gasteiger partial charge in [-0.2, -0.15) is 0 Å². The van der Waals surface area contributed by atoms with Crippen molar-refractivity contribution in [3.63, 3.8) is 0 Å². The van der Waals surface area contributed by atoms with Crippen LogP contribution in [-0.4, -0.2) is 74.4 Å². The lowest BCUT2D eigenvalue weighted by atomic mass is 10.0. The number of aromatic nitrogens is 2. The normalized spacial score (nSPS) is 16.4. The van der Waals surface area contributed by atoms with Crippen molar-refractivity contribution < 1.29 is 23.0 Å². The van der Waals surface area contributed by atoms with E-state index in [0.717, 1.165) is 75.7 Å². The number of methoxy groups -OCH3 is 2. The number of nitrogens with one attached hydrogen (secondary N) is 2. The van der Waals surface area contributed by atoms with Crippen LogP contribution in [0.3, 0.4) is 0 Å². The van der Waals surface area contributed by atoms with Gasteiger partial charge in [0, 0.05) is 57.1 Å². The highest BCUT2D eigenvalue weighted by Gasteiger charge is 2.27. The summed E-state index contributed by atoms with van der Waals surface area (Å²) in [4.78, 5) is 13.6. The van der Waals surface area contributed by atoms with Crippen molar-refractivity contribution in [3.8, 4) is 17.2 Å². The molecular formula is C31H40F2N6O3. The second kappa shape index (κ2) is 14.0. The standard InChI is InChI=1S/C31H40F2N6O3/c1-4-5-21-16-28(41-3)30(33)25(29(21)32)20-42-24-18-35-31(36-19-24)37-22-6-7-26(27(17-22)40-2)39-12-8-23(9-13-39)38-14-10-34-11-15-38/h6-7,16-19,23,34H,4-5,8-15,20H2,1-3H3,(H,35,36,37). The number of piperazine rings is 1. The number of benzene rings is 2. The Morgan fingerprint density at radius 2 is 1.67 bits per heavy atom. The number of hydrogen-bond donors (Lipinski definition) is 2. The van der Waals surface area contributed by atoms with E-state index in [1.807, 2.05) is 19.1 Å². The third-order valence-corrected chi connectivity index (χ3v) is 7.99. The van der Waals surface area contributed by atoms with E-state index in [1.54, 1.807) is 7.11 Å². The molecule has 11 heteroatoms. The van der Waals surface area contributed by atoms with Gasteiger partial charge >= 0.3 is 0 Å². The van der Waals surface area contributed by atoms with Crippen LogP contribution >= 0.6 is 0 Å². The maximum Gasteiger partial charge on any atom is 0.227 e. The maximum atomic E-state index is 14.9. The van der Waals surface area contributed by atoms with E-state index in [9.17, 15) is 8.78 Å². The minimum absolute atomic E-state index is 0.00426. The van der Waals surface area contributed by atoms with Crippen molar-refractivity contribution in [2.24, 2.45) is 0 Å². The molecule has 5 rings (SSSR count). The molecule has 226 valence electrons. The van der Waals surface area contributed by atoms with Gasteiger partial charge in [-0.05, 0) is 43.0 Å². The summed E-state index contributed by atoms with van der Waals surface area (Å²) in [7, 11) is 3.04. The van der Waals surface area contributed by atoms with E-state index in [4.69, 9.17) is 14.2 Å². The van der Waals surface area contributed by atoms with Gasteiger partial charge in [-0.1, -0.05) is 13.3 Å². The fraction of sp³-hybridized carbons (Fsp3) is 0.484. The molecule has 2 fully saturated rings. The number of rotatable bonds is 11. The van der Waals surface area contributed by atoms with Crippen molar-refractivity contribution in [3.05, 3.63) is 59.4 Å². The molecule has 0 aliphatic carbocycles. The van der Waals surface area contributed by atoms with Gasteiger partial charge in [-0.15, -0.1) is 0 Å². The predicted octanol–water partition coefficient (Wildman–Crippen LogP) is 4.92. The Morgan fingerprint density at radius 1 is 0.952 bits per heavy atom. The van der Waals surface area contributed by atoms with E-state index in [2.05, 4.69) is 36.5 Å². The third-order valence-electron chi connectivity index (χ3n) is 7.99. The number of aryl methyl sites for hydroxylation is 1. The molecule has 3 heterocycles. The van der Waals surface area contributed by atoms with Crippen LogP contribution < -0.4 is 29.7 Å². The predicted molar refractivity (Wildman–Crippen MR) is 159 cm³/mol. The lowest BCUT2D eigenvalue weighted by molar-refractivity contribution is 0.150. The van der Waals surface area contributed by atoms with E-state index >= 15 is 0 Å². The molecule has 42 heavy (non-hydrogen) atoms. The summed E-state index contributed by atoms with van der Waals surface area (Å²) in [5, 5.41) is 6.62. The van der Waals surface area contributed by atoms with Gasteiger partial charge < -0.3 is 29.7 Å². The van der Waals surface area contributed by atoms with Gasteiger partial charge in [0.1, 0.15) is 18.2 Å². The van der Waals surface area contributed by atoms with Crippen LogP contribution in [0.1, 0.15) is 37.3 Å². The molecule has 2 aromatic carbocycles. The molecule has 0 atom stereocenters. The topological polar surface area (TPSA) is 84.0 Å². The van der Waals surface area contributed by atoms with Crippen LogP contribution in [0.15, 0.2) is 36.7 Å². The number of hydrogen-bond acceptors (Lipinski definition) is 9. The first-order chi connectivity index (χ1) is 20.5. The van der Waals surface area contributed by atoms with Crippen molar-refractivity contribution in [2.45, 2.75) is 45.3 Å². The fourth-order valence-electron chi connectivity index (χ4n) is 5.73. The molecule has 2 saturated heterocycles. The summed E-state index contributed by atoms with van der Waals surface area (Å²) in [6.45, 7) is 8.01. The largest absolute Gasteiger partial charge is 0.495 e. The van der Waals surface area contributed by atoms with Crippen LogP contribution in [0.4, 0.5) is 26.1 Å². The Hall–Kier alpha value is -3.70. The number of anilines is 3. The summed E-state index contributed by atoms with van der Waals surface area (Å²) in [6, 6.07) is 8.03. The maximum absolute atomic E-state index is 14.9. The summed E-state index contributed by atoms with van der Waals surface area (Å²) >= 11 is 0. The van der Waals surface area contributed by atoms with Crippen molar-refractivity contribution >= 4 is 17.3 Å². The highest BCUT2D eigenvalue weighted by atomic mass is 19.1. The van der Waals surface area contributed by atoms with Crippen LogP contribution in [0.2, 0.25) is 0 Å². The Kier molecular flexibility index (Phi) is 9.91. The molecular weight excluding hydrogens is 542 g/mol. The molecule has 0 radical (unpaired) electrons. The molecule has 3 aromatic rings. The molecule has 0 spiro atoms. The van der Waals surface area contributed by atoms with E-state index in [-0.39, 0.29) is 23.7 Å². The van der Waals surface area contributed by atoms with Gasteiger partial charge in [0.25, 0.3) is 0 Å². The molecule has 0 unspecified atom stereocenters. The summed E-state index contributed by atoms with van der Waals surface area (Å²) in [6.07, 6.45) is 6.41. The quantitative estimate of drug-likeness (QED) is 0.327. The zero-order chi connectivity index (χ0) is 29.5. The van der Waals surface area contributed by atoms with Gasteiger partial charge in [0.05, 0.1) is 37.9 Å². The van der Waals surface area contributed by atoms with Crippen molar-refractivity contribution in [2.75, 3.05) is 63.7 Å². The molecule has 2 N–H and O–H groups in total. The first-order valence-electron chi connectivity index (χ1n) is 14.6. The number of ether oxygens (including phenoxy) is 3. The van der Waals surface area contributed by atoms with Gasteiger partial charge in [-0.25, -0.2) is 18.7 Å². The van der Waals surface area contributed by atoms with Gasteiger partial charge in [0.15, 0.2) is 17.3 Å².